The van der Waals surface area contributed by atoms with Gasteiger partial charge in [0.15, 0.2) is 0 Å². The molecular weight excluding hydrogens is 279 g/mol. The van der Waals surface area contributed by atoms with Crippen molar-refractivity contribution in [2.45, 2.75) is 0 Å². The molecule has 100 valence electrons. The molecule has 0 atom stereocenters. The molecule has 0 saturated heterocycles. The molecule has 0 aliphatic heterocycles. The van der Waals surface area contributed by atoms with Gasteiger partial charge in [0.05, 0.1) is 11.1 Å². The third-order valence-electron chi connectivity index (χ3n) is 2.53. The van der Waals surface area contributed by atoms with Crippen molar-refractivity contribution in [1.82, 2.24) is 0 Å². The third-order valence-corrected chi connectivity index (χ3v) is 2.84. The Labute approximate surface area is 120 Å². The van der Waals surface area contributed by atoms with E-state index in [0.717, 1.165) is 0 Å². The molecule has 0 bridgehead atoms. The maximum atomic E-state index is 13.3. The topological polar surface area (TPSA) is 59.0 Å². The van der Waals surface area contributed by atoms with Gasteiger partial charge in [0.1, 0.15) is 17.3 Å². The molecule has 2 N–H and O–H groups in total. The van der Waals surface area contributed by atoms with Gasteiger partial charge in [0.25, 0.3) is 0 Å². The Morgan fingerprint density at radius 2 is 1.85 bits per heavy atom. The maximum absolute atomic E-state index is 13.3. The van der Waals surface area contributed by atoms with E-state index in [1.807, 2.05) is 6.07 Å². The van der Waals surface area contributed by atoms with Crippen LogP contribution in [0.5, 0.6) is 11.5 Å². The number of nitriles is 1. The zero-order valence-corrected chi connectivity index (χ0v) is 11.1. The molecule has 0 aromatic heterocycles. The summed E-state index contributed by atoms with van der Waals surface area (Å²) in [6.07, 6.45) is 1.25. The highest BCUT2D eigenvalue weighted by molar-refractivity contribution is 6.30. The van der Waals surface area contributed by atoms with Gasteiger partial charge in [-0.1, -0.05) is 11.6 Å². The lowest BCUT2D eigenvalue weighted by molar-refractivity contribution is 0.477. The number of hydrogen-bond acceptors (Lipinski definition) is 3. The first kappa shape index (κ1) is 13.9. The molecule has 0 radical (unpaired) electrons. The lowest BCUT2D eigenvalue weighted by atomic mass is 10.1. The summed E-state index contributed by atoms with van der Waals surface area (Å²) < 4.78 is 18.8. The van der Waals surface area contributed by atoms with Gasteiger partial charge in [-0.2, -0.15) is 5.26 Å². The molecule has 0 fully saturated rings. The standard InChI is InChI=1S/C15H10ClFN2O/c16-13-6-5-12(9-14(13)17)20-11-3-1-10(2-4-11)15(19)7-8-18/h1-7,9H,19H2/b15-7-. The van der Waals surface area contributed by atoms with Gasteiger partial charge in [-0.15, -0.1) is 0 Å². The second-order valence-corrected chi connectivity index (χ2v) is 4.34. The Morgan fingerprint density at radius 1 is 1.20 bits per heavy atom. The number of hydrogen-bond donors (Lipinski definition) is 1. The average molecular weight is 289 g/mol. The van der Waals surface area contributed by atoms with Crippen LogP contribution in [0.3, 0.4) is 0 Å². The SMILES string of the molecule is N#C/C=C(\N)c1ccc(Oc2ccc(Cl)c(F)c2)cc1. The Kier molecular flexibility index (Phi) is 4.24. The van der Waals surface area contributed by atoms with E-state index in [1.54, 1.807) is 30.3 Å². The quantitative estimate of drug-likeness (QED) is 0.865. The molecule has 5 heteroatoms. The molecule has 0 amide bonds. The van der Waals surface area contributed by atoms with Crippen LogP contribution < -0.4 is 10.5 Å². The molecule has 0 saturated carbocycles. The number of halogens is 2. The zero-order valence-electron chi connectivity index (χ0n) is 10.3. The van der Waals surface area contributed by atoms with Gasteiger partial charge in [-0.05, 0) is 42.0 Å². The molecule has 2 rings (SSSR count). The highest BCUT2D eigenvalue weighted by Gasteiger charge is 2.03. The van der Waals surface area contributed by atoms with Crippen molar-refractivity contribution < 1.29 is 9.13 Å². The highest BCUT2D eigenvalue weighted by atomic mass is 35.5. The van der Waals surface area contributed by atoms with Crippen LogP contribution in [0.4, 0.5) is 4.39 Å². The number of benzene rings is 2. The fourth-order valence-corrected chi connectivity index (χ4v) is 1.66. The monoisotopic (exact) mass is 288 g/mol. The van der Waals surface area contributed by atoms with Gasteiger partial charge in [-0.25, -0.2) is 4.39 Å². The second-order valence-electron chi connectivity index (χ2n) is 3.93. The van der Waals surface area contributed by atoms with Crippen molar-refractivity contribution >= 4 is 17.3 Å². The van der Waals surface area contributed by atoms with E-state index in [-0.39, 0.29) is 5.02 Å². The summed E-state index contributed by atoms with van der Waals surface area (Å²) in [7, 11) is 0. The molecule has 0 spiro atoms. The maximum Gasteiger partial charge on any atom is 0.145 e. The smallest absolute Gasteiger partial charge is 0.145 e. The molecule has 0 aliphatic rings. The minimum absolute atomic E-state index is 0.0436. The molecule has 0 heterocycles. The van der Waals surface area contributed by atoms with Crippen LogP contribution in [0, 0.1) is 17.1 Å². The normalized spacial score (nSPS) is 10.9. The van der Waals surface area contributed by atoms with Crippen molar-refractivity contribution in [3.05, 3.63) is 64.9 Å². The Bertz CT molecular complexity index is 690. The van der Waals surface area contributed by atoms with Gasteiger partial charge < -0.3 is 10.5 Å². The van der Waals surface area contributed by atoms with Crippen molar-refractivity contribution in [3.8, 4) is 17.6 Å². The highest BCUT2D eigenvalue weighted by Crippen LogP contribution is 2.26. The molecular formula is C15H10ClFN2O. The summed E-state index contributed by atoms with van der Waals surface area (Å²) in [6.45, 7) is 0. The van der Waals surface area contributed by atoms with Crippen molar-refractivity contribution in [2.24, 2.45) is 5.73 Å². The van der Waals surface area contributed by atoms with E-state index < -0.39 is 5.82 Å². The number of nitrogens with zero attached hydrogens (tertiary/aromatic N) is 1. The summed E-state index contributed by atoms with van der Waals surface area (Å²) in [6, 6.07) is 12.9. The van der Waals surface area contributed by atoms with E-state index in [2.05, 4.69) is 0 Å². The first-order chi connectivity index (χ1) is 9.60. The lowest BCUT2D eigenvalue weighted by Crippen LogP contribution is -1.95. The van der Waals surface area contributed by atoms with Crippen molar-refractivity contribution in [2.75, 3.05) is 0 Å². The van der Waals surface area contributed by atoms with Crippen LogP contribution in [0.2, 0.25) is 5.02 Å². The van der Waals surface area contributed by atoms with Gasteiger partial charge in [0.2, 0.25) is 0 Å². The summed E-state index contributed by atoms with van der Waals surface area (Å²) in [5.41, 5.74) is 6.76. The molecule has 3 nitrogen and oxygen atoms in total. The van der Waals surface area contributed by atoms with Crippen LogP contribution in [0.15, 0.2) is 48.5 Å². The first-order valence-corrected chi connectivity index (χ1v) is 6.06. The van der Waals surface area contributed by atoms with Crippen LogP contribution in [0.1, 0.15) is 5.56 Å². The predicted molar refractivity (Wildman–Crippen MR) is 75.7 cm³/mol. The number of rotatable bonds is 3. The summed E-state index contributed by atoms with van der Waals surface area (Å²) in [5.74, 6) is 0.336. The number of nitrogens with two attached hydrogens (primary N) is 1. The molecule has 0 aliphatic carbocycles. The lowest BCUT2D eigenvalue weighted by Gasteiger charge is -2.07. The van der Waals surface area contributed by atoms with Crippen LogP contribution in [-0.4, -0.2) is 0 Å². The van der Waals surface area contributed by atoms with Crippen molar-refractivity contribution in [1.29, 1.82) is 5.26 Å². The van der Waals surface area contributed by atoms with E-state index in [4.69, 9.17) is 27.3 Å². The molecule has 2 aromatic carbocycles. The zero-order chi connectivity index (χ0) is 14.5. The van der Waals surface area contributed by atoms with E-state index >= 15 is 0 Å². The Morgan fingerprint density at radius 3 is 2.45 bits per heavy atom. The third kappa shape index (κ3) is 3.28. The van der Waals surface area contributed by atoms with Gasteiger partial charge in [-0.3, -0.25) is 0 Å². The minimum atomic E-state index is -0.540. The molecule has 20 heavy (non-hydrogen) atoms. The Balaban J connectivity index is 2.17. The van der Waals surface area contributed by atoms with Crippen molar-refractivity contribution in [3.63, 3.8) is 0 Å². The Hall–Kier alpha value is -2.51. The van der Waals surface area contributed by atoms with Gasteiger partial charge in [0, 0.05) is 17.8 Å². The van der Waals surface area contributed by atoms with Crippen LogP contribution >= 0.6 is 11.6 Å². The summed E-state index contributed by atoms with van der Waals surface area (Å²) in [5, 5.41) is 8.56. The van der Waals surface area contributed by atoms with E-state index in [1.165, 1.54) is 18.2 Å². The van der Waals surface area contributed by atoms with Gasteiger partial charge >= 0.3 is 0 Å². The first-order valence-electron chi connectivity index (χ1n) is 5.69. The molecule has 2 aromatic rings. The number of allylic oxidation sites excluding steroid dienone is 1. The second kappa shape index (κ2) is 6.09. The fraction of sp³-hybridized carbons (Fsp3) is 0. The summed E-state index contributed by atoms with van der Waals surface area (Å²) >= 11 is 5.59. The minimum Gasteiger partial charge on any atom is -0.457 e. The van der Waals surface area contributed by atoms with Crippen LogP contribution in [-0.2, 0) is 0 Å². The van der Waals surface area contributed by atoms with E-state index in [0.29, 0.717) is 22.8 Å². The predicted octanol–water partition coefficient (Wildman–Crippen LogP) is 4.09. The number of ether oxygens (including phenoxy) is 1. The van der Waals surface area contributed by atoms with E-state index in [9.17, 15) is 4.39 Å². The van der Waals surface area contributed by atoms with Crippen LogP contribution in [0.25, 0.3) is 5.70 Å². The summed E-state index contributed by atoms with van der Waals surface area (Å²) in [4.78, 5) is 0. The largest absolute Gasteiger partial charge is 0.457 e. The molecule has 0 unspecified atom stereocenters. The average Bonchev–Trinajstić information content (AvgIpc) is 2.44. The fourth-order valence-electron chi connectivity index (χ4n) is 1.54.